The van der Waals surface area contributed by atoms with E-state index in [1.807, 2.05) is 25.1 Å². The van der Waals surface area contributed by atoms with Crippen molar-refractivity contribution >= 4 is 22.7 Å². The van der Waals surface area contributed by atoms with Gasteiger partial charge in [0.1, 0.15) is 18.2 Å². The Morgan fingerprint density at radius 3 is 2.80 bits per heavy atom. The van der Waals surface area contributed by atoms with E-state index in [1.165, 1.54) is 11.9 Å². The first-order chi connectivity index (χ1) is 9.65. The Balaban J connectivity index is 2.39. The molecule has 0 saturated carbocycles. The standard InChI is InChI=1S/C15H19N3O2/c1-3-5-13(15(19)20)18-14-11-8-10(4-2)6-7-12(11)16-9-17-14/h6-9,13H,3-5H2,1-2H3,(H,19,20)(H,16,17,18). The van der Waals surface area contributed by atoms with Crippen molar-refractivity contribution in [3.63, 3.8) is 0 Å². The maximum absolute atomic E-state index is 11.2. The number of carboxylic acids is 1. The molecule has 20 heavy (non-hydrogen) atoms. The van der Waals surface area contributed by atoms with Gasteiger partial charge in [-0.3, -0.25) is 0 Å². The fraction of sp³-hybridized carbons (Fsp3) is 0.400. The molecule has 106 valence electrons. The SMILES string of the molecule is CCCC(Nc1ncnc2ccc(CC)cc12)C(=O)O. The van der Waals surface area contributed by atoms with E-state index in [1.54, 1.807) is 0 Å². The topological polar surface area (TPSA) is 75.1 Å². The lowest BCUT2D eigenvalue weighted by Gasteiger charge is -2.15. The molecule has 1 aromatic carbocycles. The summed E-state index contributed by atoms with van der Waals surface area (Å²) in [6.07, 6.45) is 3.74. The Kier molecular flexibility index (Phi) is 4.50. The molecule has 5 nitrogen and oxygen atoms in total. The average Bonchev–Trinajstić information content (AvgIpc) is 2.46. The highest BCUT2D eigenvalue weighted by molar-refractivity contribution is 5.91. The van der Waals surface area contributed by atoms with Gasteiger partial charge in [0.25, 0.3) is 0 Å². The molecule has 2 N–H and O–H groups in total. The number of nitrogens with zero attached hydrogens (tertiary/aromatic N) is 2. The second-order valence-corrected chi connectivity index (χ2v) is 4.75. The lowest BCUT2D eigenvalue weighted by molar-refractivity contribution is -0.138. The third-order valence-corrected chi connectivity index (χ3v) is 3.29. The molecular weight excluding hydrogens is 254 g/mol. The van der Waals surface area contributed by atoms with Crippen molar-refractivity contribution in [2.45, 2.75) is 39.2 Å². The molecule has 0 amide bonds. The fourth-order valence-electron chi connectivity index (χ4n) is 2.15. The monoisotopic (exact) mass is 273 g/mol. The molecular formula is C15H19N3O2. The van der Waals surface area contributed by atoms with Gasteiger partial charge < -0.3 is 10.4 Å². The highest BCUT2D eigenvalue weighted by Gasteiger charge is 2.17. The molecule has 0 aliphatic carbocycles. The summed E-state index contributed by atoms with van der Waals surface area (Å²) in [7, 11) is 0. The van der Waals surface area contributed by atoms with Crippen LogP contribution in [0.25, 0.3) is 10.9 Å². The Hall–Kier alpha value is -2.17. The van der Waals surface area contributed by atoms with Crippen LogP contribution in [-0.4, -0.2) is 27.1 Å². The zero-order chi connectivity index (χ0) is 14.5. The Morgan fingerprint density at radius 2 is 2.15 bits per heavy atom. The van der Waals surface area contributed by atoms with Gasteiger partial charge in [-0.05, 0) is 30.5 Å². The first-order valence-electron chi connectivity index (χ1n) is 6.88. The molecule has 1 unspecified atom stereocenters. The average molecular weight is 273 g/mol. The third-order valence-electron chi connectivity index (χ3n) is 3.29. The normalized spacial score (nSPS) is 12.3. The molecule has 0 saturated heterocycles. The van der Waals surface area contributed by atoms with Crippen LogP contribution in [0.2, 0.25) is 0 Å². The van der Waals surface area contributed by atoms with Crippen molar-refractivity contribution in [3.8, 4) is 0 Å². The van der Waals surface area contributed by atoms with E-state index in [2.05, 4.69) is 22.2 Å². The number of anilines is 1. The molecule has 5 heteroatoms. The van der Waals surface area contributed by atoms with Crippen LogP contribution in [0, 0.1) is 0 Å². The second kappa shape index (κ2) is 6.32. The highest BCUT2D eigenvalue weighted by atomic mass is 16.4. The van der Waals surface area contributed by atoms with E-state index >= 15 is 0 Å². The van der Waals surface area contributed by atoms with Crippen LogP contribution in [0.15, 0.2) is 24.5 Å². The molecule has 0 bridgehead atoms. The van der Waals surface area contributed by atoms with Crippen LogP contribution in [0.3, 0.4) is 0 Å². The van der Waals surface area contributed by atoms with Gasteiger partial charge in [-0.15, -0.1) is 0 Å². The second-order valence-electron chi connectivity index (χ2n) is 4.75. The van der Waals surface area contributed by atoms with Crippen molar-refractivity contribution < 1.29 is 9.90 Å². The summed E-state index contributed by atoms with van der Waals surface area (Å²) >= 11 is 0. The minimum atomic E-state index is -0.856. The molecule has 1 atom stereocenters. The number of hydrogen-bond donors (Lipinski definition) is 2. The minimum Gasteiger partial charge on any atom is -0.480 e. The smallest absolute Gasteiger partial charge is 0.326 e. The summed E-state index contributed by atoms with van der Waals surface area (Å²) in [5.74, 6) is -0.267. The molecule has 2 aromatic rings. The van der Waals surface area contributed by atoms with Gasteiger partial charge >= 0.3 is 5.97 Å². The molecule has 0 aliphatic rings. The molecule has 1 heterocycles. The fourth-order valence-corrected chi connectivity index (χ4v) is 2.15. The zero-order valence-electron chi connectivity index (χ0n) is 11.8. The molecule has 0 radical (unpaired) electrons. The van der Waals surface area contributed by atoms with Crippen LogP contribution in [0.1, 0.15) is 32.3 Å². The number of aromatic nitrogens is 2. The Labute approximate surface area is 118 Å². The predicted molar refractivity (Wildman–Crippen MR) is 78.9 cm³/mol. The lowest BCUT2D eigenvalue weighted by Crippen LogP contribution is -2.29. The number of rotatable bonds is 6. The van der Waals surface area contributed by atoms with Crippen LogP contribution in [0.4, 0.5) is 5.82 Å². The van der Waals surface area contributed by atoms with E-state index in [0.717, 1.165) is 23.7 Å². The first-order valence-corrected chi connectivity index (χ1v) is 6.88. The number of aliphatic carboxylic acids is 1. The minimum absolute atomic E-state index is 0.564. The quantitative estimate of drug-likeness (QED) is 0.846. The van der Waals surface area contributed by atoms with E-state index in [-0.39, 0.29) is 0 Å². The summed E-state index contributed by atoms with van der Waals surface area (Å²) in [6, 6.07) is 5.36. The van der Waals surface area contributed by atoms with Gasteiger partial charge in [-0.25, -0.2) is 14.8 Å². The molecule has 2 rings (SSSR count). The summed E-state index contributed by atoms with van der Waals surface area (Å²) in [6.45, 7) is 4.04. The summed E-state index contributed by atoms with van der Waals surface area (Å²) < 4.78 is 0. The van der Waals surface area contributed by atoms with E-state index < -0.39 is 12.0 Å². The van der Waals surface area contributed by atoms with E-state index in [0.29, 0.717) is 12.2 Å². The highest BCUT2D eigenvalue weighted by Crippen LogP contribution is 2.22. The van der Waals surface area contributed by atoms with Gasteiger partial charge in [-0.1, -0.05) is 26.3 Å². The van der Waals surface area contributed by atoms with Crippen LogP contribution < -0.4 is 5.32 Å². The summed E-state index contributed by atoms with van der Waals surface area (Å²) in [5, 5.41) is 13.1. The summed E-state index contributed by atoms with van der Waals surface area (Å²) in [4.78, 5) is 19.7. The largest absolute Gasteiger partial charge is 0.480 e. The van der Waals surface area contributed by atoms with Crippen molar-refractivity contribution in [2.75, 3.05) is 5.32 Å². The van der Waals surface area contributed by atoms with E-state index in [9.17, 15) is 9.90 Å². The van der Waals surface area contributed by atoms with Crippen molar-refractivity contribution in [3.05, 3.63) is 30.1 Å². The zero-order valence-corrected chi connectivity index (χ0v) is 11.8. The van der Waals surface area contributed by atoms with Gasteiger partial charge in [0.15, 0.2) is 0 Å². The maximum Gasteiger partial charge on any atom is 0.326 e. The van der Waals surface area contributed by atoms with E-state index in [4.69, 9.17) is 0 Å². The number of carboxylic acid groups (broad SMARTS) is 1. The molecule has 1 aromatic heterocycles. The lowest BCUT2D eigenvalue weighted by atomic mass is 10.1. The number of fused-ring (bicyclic) bond motifs is 1. The number of nitrogens with one attached hydrogen (secondary N) is 1. The Bertz CT molecular complexity index is 613. The molecule has 0 spiro atoms. The first kappa shape index (κ1) is 14.2. The van der Waals surface area contributed by atoms with Gasteiger partial charge in [-0.2, -0.15) is 0 Å². The molecule has 0 aliphatic heterocycles. The van der Waals surface area contributed by atoms with Gasteiger partial charge in [0, 0.05) is 5.39 Å². The number of aryl methyl sites for hydroxylation is 1. The van der Waals surface area contributed by atoms with Crippen molar-refractivity contribution in [1.82, 2.24) is 9.97 Å². The van der Waals surface area contributed by atoms with Crippen LogP contribution in [-0.2, 0) is 11.2 Å². The maximum atomic E-state index is 11.2. The summed E-state index contributed by atoms with van der Waals surface area (Å²) in [5.41, 5.74) is 2.00. The third kappa shape index (κ3) is 3.04. The van der Waals surface area contributed by atoms with Gasteiger partial charge in [0.05, 0.1) is 5.52 Å². The number of carbonyl (C=O) groups is 1. The van der Waals surface area contributed by atoms with Crippen molar-refractivity contribution in [1.29, 1.82) is 0 Å². The predicted octanol–water partition coefficient (Wildman–Crippen LogP) is 2.86. The molecule has 0 fully saturated rings. The van der Waals surface area contributed by atoms with Crippen LogP contribution >= 0.6 is 0 Å². The van der Waals surface area contributed by atoms with Gasteiger partial charge in [0.2, 0.25) is 0 Å². The number of benzene rings is 1. The van der Waals surface area contributed by atoms with Crippen LogP contribution in [0.5, 0.6) is 0 Å². The van der Waals surface area contributed by atoms with Crippen molar-refractivity contribution in [2.24, 2.45) is 0 Å². The number of hydrogen-bond acceptors (Lipinski definition) is 4. The Morgan fingerprint density at radius 1 is 1.35 bits per heavy atom.